The van der Waals surface area contributed by atoms with E-state index in [1.165, 1.54) is 11.3 Å². The minimum absolute atomic E-state index is 0.0261. The number of carbonyl (C=O) groups is 1. The zero-order valence-electron chi connectivity index (χ0n) is 16.2. The second kappa shape index (κ2) is 7.81. The second-order valence-electron chi connectivity index (χ2n) is 7.60. The van der Waals surface area contributed by atoms with Crippen LogP contribution in [0.15, 0.2) is 60.8 Å². The summed E-state index contributed by atoms with van der Waals surface area (Å²) in [5.74, 6) is 1.65. The summed E-state index contributed by atoms with van der Waals surface area (Å²) in [6.45, 7) is 0.736. The smallest absolute Gasteiger partial charge is 0.280 e. The third-order valence-corrected chi connectivity index (χ3v) is 6.87. The van der Waals surface area contributed by atoms with E-state index in [0.717, 1.165) is 41.3 Å². The summed E-state index contributed by atoms with van der Waals surface area (Å²) >= 11 is 1.35. The summed E-state index contributed by atoms with van der Waals surface area (Å²) < 4.78 is 6.04. The van der Waals surface area contributed by atoms with Gasteiger partial charge in [0.2, 0.25) is 0 Å². The minimum Gasteiger partial charge on any atom is -0.457 e. The zero-order valence-corrected chi connectivity index (χ0v) is 17.0. The first kappa shape index (κ1) is 18.6. The number of para-hydroxylation sites is 2. The van der Waals surface area contributed by atoms with E-state index in [1.807, 2.05) is 54.6 Å². The van der Waals surface area contributed by atoms with Crippen LogP contribution in [0.25, 0.3) is 10.4 Å². The van der Waals surface area contributed by atoms with Gasteiger partial charge in [-0.2, -0.15) is 5.26 Å². The van der Waals surface area contributed by atoms with Gasteiger partial charge in [0.1, 0.15) is 11.5 Å². The lowest BCUT2D eigenvalue weighted by atomic mass is 10.1. The maximum Gasteiger partial charge on any atom is 0.280 e. The van der Waals surface area contributed by atoms with Crippen LogP contribution in [0.3, 0.4) is 0 Å². The van der Waals surface area contributed by atoms with E-state index in [1.54, 1.807) is 11.1 Å². The van der Waals surface area contributed by atoms with Crippen LogP contribution in [0.1, 0.15) is 22.6 Å². The third kappa shape index (κ3) is 3.40. The average molecular weight is 417 g/mol. The van der Waals surface area contributed by atoms with Crippen LogP contribution in [0.5, 0.6) is 11.5 Å². The van der Waals surface area contributed by atoms with Crippen LogP contribution in [0.4, 0.5) is 0 Å². The number of piperidine rings is 1. The van der Waals surface area contributed by atoms with E-state index in [-0.39, 0.29) is 18.0 Å². The van der Waals surface area contributed by atoms with E-state index in [4.69, 9.17) is 4.74 Å². The first-order valence-corrected chi connectivity index (χ1v) is 10.8. The van der Waals surface area contributed by atoms with Crippen LogP contribution >= 0.6 is 11.3 Å². The number of benzene rings is 2. The van der Waals surface area contributed by atoms with Gasteiger partial charge < -0.3 is 15.0 Å². The van der Waals surface area contributed by atoms with Crippen LogP contribution in [-0.2, 0) is 0 Å². The zero-order chi connectivity index (χ0) is 20.5. The van der Waals surface area contributed by atoms with Crippen molar-refractivity contribution in [3.63, 3.8) is 0 Å². The molecule has 3 atom stereocenters. The Morgan fingerprint density at radius 3 is 2.77 bits per heavy atom. The van der Waals surface area contributed by atoms with Crippen molar-refractivity contribution in [2.45, 2.75) is 24.9 Å². The summed E-state index contributed by atoms with van der Waals surface area (Å²) in [6, 6.07) is 17.5. The quantitative estimate of drug-likeness (QED) is 0.628. The number of rotatable bonds is 5. The lowest BCUT2D eigenvalue weighted by Gasteiger charge is -2.21. The fourth-order valence-electron chi connectivity index (χ4n) is 4.42. The Hall–Kier alpha value is -3.37. The van der Waals surface area contributed by atoms with E-state index in [2.05, 4.69) is 16.5 Å². The van der Waals surface area contributed by atoms with Gasteiger partial charge in [-0.1, -0.05) is 30.3 Å². The summed E-state index contributed by atoms with van der Waals surface area (Å²) in [7, 11) is 0. The van der Waals surface area contributed by atoms with Crippen molar-refractivity contribution in [1.82, 2.24) is 15.2 Å². The molecule has 0 spiro atoms. The Kier molecular flexibility index (Phi) is 4.85. The number of carbonyl (C=O) groups excluding carboxylic acids is 1. The highest BCUT2D eigenvalue weighted by Crippen LogP contribution is 2.38. The number of nitrogens with zero attached hydrogens (tertiary/aromatic N) is 3. The lowest BCUT2D eigenvalue weighted by molar-refractivity contribution is 0.0929. The number of amides is 1. The summed E-state index contributed by atoms with van der Waals surface area (Å²) in [5.41, 5.74) is 0.898. The third-order valence-electron chi connectivity index (χ3n) is 5.84. The molecule has 2 aliphatic rings. The Bertz CT molecular complexity index is 1110. The van der Waals surface area contributed by atoms with Crippen LogP contribution in [0, 0.1) is 17.4 Å². The number of ether oxygens (including phenoxy) is 1. The lowest BCUT2D eigenvalue weighted by Crippen LogP contribution is -2.42. The molecule has 1 amide bonds. The van der Waals surface area contributed by atoms with E-state index < -0.39 is 0 Å². The normalized spacial score (nSPS) is 22.0. The van der Waals surface area contributed by atoms with Crippen molar-refractivity contribution in [3.8, 4) is 28.1 Å². The first-order valence-electron chi connectivity index (χ1n) is 9.98. The van der Waals surface area contributed by atoms with Gasteiger partial charge in [-0.3, -0.25) is 4.79 Å². The molecule has 3 aromatic rings. The fourth-order valence-corrected chi connectivity index (χ4v) is 5.27. The molecule has 0 radical (unpaired) electrons. The molecule has 2 bridgehead atoms. The summed E-state index contributed by atoms with van der Waals surface area (Å²) in [5, 5.41) is 12.8. The van der Waals surface area contributed by atoms with Crippen molar-refractivity contribution < 1.29 is 9.53 Å². The van der Waals surface area contributed by atoms with Gasteiger partial charge in [-0.15, -0.1) is 11.3 Å². The van der Waals surface area contributed by atoms with Gasteiger partial charge in [-0.25, -0.2) is 4.98 Å². The molecule has 1 N–H and O–H groups in total. The number of hydrogen-bond donors (Lipinski definition) is 1. The predicted octanol–water partition coefficient (Wildman–Crippen LogP) is 4.28. The Morgan fingerprint density at radius 2 is 1.97 bits per heavy atom. The minimum atomic E-state index is -0.172. The highest BCUT2D eigenvalue weighted by molar-refractivity contribution is 7.17. The molecule has 150 valence electrons. The SMILES string of the molecule is N#CN1CC2CCC1[C@@H]2NC(=O)c1ncc(-c2ccccc2Oc2ccccc2)s1. The topological polar surface area (TPSA) is 78.3 Å². The predicted molar refractivity (Wildman–Crippen MR) is 114 cm³/mol. The van der Waals surface area contributed by atoms with Crippen LogP contribution in [-0.4, -0.2) is 34.4 Å². The molecule has 30 heavy (non-hydrogen) atoms. The van der Waals surface area contributed by atoms with E-state index in [0.29, 0.717) is 10.9 Å². The Labute approximate surface area is 178 Å². The molecule has 2 heterocycles. The molecule has 1 aromatic heterocycles. The van der Waals surface area contributed by atoms with E-state index >= 15 is 0 Å². The molecule has 2 unspecified atom stereocenters. The number of likely N-dealkylation sites (tertiary alicyclic amines) is 1. The van der Waals surface area contributed by atoms with Gasteiger partial charge in [0.25, 0.3) is 5.91 Å². The molecular weight excluding hydrogens is 396 g/mol. The van der Waals surface area contributed by atoms with Crippen molar-refractivity contribution in [3.05, 3.63) is 65.8 Å². The molecule has 7 heteroatoms. The molecule has 1 aliphatic carbocycles. The largest absolute Gasteiger partial charge is 0.457 e. The number of thiazole rings is 1. The van der Waals surface area contributed by atoms with Crippen LogP contribution in [0.2, 0.25) is 0 Å². The van der Waals surface area contributed by atoms with Crippen molar-refractivity contribution in [2.75, 3.05) is 6.54 Å². The van der Waals surface area contributed by atoms with Gasteiger partial charge in [0, 0.05) is 18.3 Å². The number of hydrogen-bond acceptors (Lipinski definition) is 6. The van der Waals surface area contributed by atoms with Crippen molar-refractivity contribution in [2.24, 2.45) is 5.92 Å². The molecule has 5 rings (SSSR count). The Balaban J connectivity index is 1.34. The molecule has 1 saturated carbocycles. The number of fused-ring (bicyclic) bond motifs is 2. The standard InChI is InChI=1S/C23H20N4O2S/c24-14-27-13-15-10-11-18(27)21(15)26-22(28)23-25-12-20(30-23)17-8-4-5-9-19(17)29-16-6-2-1-3-7-16/h1-9,12,15,18,21H,10-11,13H2,(H,26,28)/t15?,18?,21-/m1/s1. The van der Waals surface area contributed by atoms with Gasteiger partial charge in [0.15, 0.2) is 11.2 Å². The van der Waals surface area contributed by atoms with Crippen molar-refractivity contribution in [1.29, 1.82) is 5.26 Å². The van der Waals surface area contributed by atoms with Crippen LogP contribution < -0.4 is 10.1 Å². The average Bonchev–Trinajstić information content (AvgIpc) is 3.50. The first-order chi connectivity index (χ1) is 14.7. The summed E-state index contributed by atoms with van der Waals surface area (Å²) in [6.07, 6.45) is 5.98. The maximum absolute atomic E-state index is 12.8. The van der Waals surface area contributed by atoms with Gasteiger partial charge in [0.05, 0.1) is 17.0 Å². The summed E-state index contributed by atoms with van der Waals surface area (Å²) in [4.78, 5) is 19.9. The molecule has 2 aromatic carbocycles. The number of nitrogens with one attached hydrogen (secondary N) is 1. The molecule has 2 fully saturated rings. The van der Waals surface area contributed by atoms with Gasteiger partial charge in [-0.05, 0) is 43.0 Å². The molecule has 1 aliphatic heterocycles. The monoisotopic (exact) mass is 416 g/mol. The molecule has 1 saturated heterocycles. The second-order valence-corrected chi connectivity index (χ2v) is 8.63. The number of aromatic nitrogens is 1. The van der Waals surface area contributed by atoms with Crippen molar-refractivity contribution >= 4 is 17.2 Å². The Morgan fingerprint density at radius 1 is 1.17 bits per heavy atom. The highest BCUT2D eigenvalue weighted by atomic mass is 32.1. The molecule has 6 nitrogen and oxygen atoms in total. The number of nitriles is 1. The van der Waals surface area contributed by atoms with Gasteiger partial charge >= 0.3 is 0 Å². The van der Waals surface area contributed by atoms with E-state index in [9.17, 15) is 10.1 Å². The highest BCUT2D eigenvalue weighted by Gasteiger charge is 2.47. The molecular formula is C23H20N4O2S. The fraction of sp³-hybridized carbons (Fsp3) is 0.261. The maximum atomic E-state index is 12.8.